The van der Waals surface area contributed by atoms with Crippen molar-refractivity contribution in [2.24, 2.45) is 5.92 Å². The Hall–Kier alpha value is -0.140. The van der Waals surface area contributed by atoms with Crippen molar-refractivity contribution in [2.45, 2.75) is 38.5 Å². The van der Waals surface area contributed by atoms with Crippen molar-refractivity contribution in [1.29, 1.82) is 0 Å². The van der Waals surface area contributed by atoms with Gasteiger partial charge in [0.2, 0.25) is 5.92 Å². The minimum absolute atomic E-state index is 0.0842. The third kappa shape index (κ3) is 1.93. The lowest BCUT2D eigenvalue weighted by molar-refractivity contribution is 0.00617. The summed E-state index contributed by atoms with van der Waals surface area (Å²) in [6, 6.07) is 0. The van der Waals surface area contributed by atoms with Crippen LogP contribution in [0.2, 0.25) is 0 Å². The molecule has 2 heteroatoms. The average molecular weight is 147 g/mol. The molecule has 59 valence electrons. The summed E-state index contributed by atoms with van der Waals surface area (Å²) >= 11 is 0. The lowest BCUT2D eigenvalue weighted by Gasteiger charge is -2.07. The van der Waals surface area contributed by atoms with Crippen molar-refractivity contribution in [3.8, 4) is 0 Å². The molecule has 0 aromatic rings. The average Bonchev–Trinajstić information content (AvgIpc) is 2.12. The van der Waals surface area contributed by atoms with E-state index in [2.05, 4.69) is 0 Å². The molecule has 0 heterocycles. The maximum absolute atomic E-state index is 12.5. The van der Waals surface area contributed by atoms with Crippen molar-refractivity contribution in [1.82, 2.24) is 0 Å². The Morgan fingerprint density at radius 1 is 1.60 bits per heavy atom. The van der Waals surface area contributed by atoms with Gasteiger partial charge in [0.25, 0.3) is 0 Å². The summed E-state index contributed by atoms with van der Waals surface area (Å²) < 4.78 is 25.0. The van der Waals surface area contributed by atoms with E-state index in [1.807, 2.05) is 13.3 Å². The predicted octanol–water partition coefficient (Wildman–Crippen LogP) is 3.04. The number of halogens is 2. The van der Waals surface area contributed by atoms with Crippen LogP contribution in [-0.4, -0.2) is 5.92 Å². The Bertz CT molecular complexity index is 110. The van der Waals surface area contributed by atoms with Crippen molar-refractivity contribution < 1.29 is 8.78 Å². The number of hydrogen-bond acceptors (Lipinski definition) is 0. The van der Waals surface area contributed by atoms with E-state index in [-0.39, 0.29) is 18.8 Å². The molecule has 0 aromatic heterocycles. The second-order valence-corrected chi connectivity index (χ2v) is 3.00. The van der Waals surface area contributed by atoms with Crippen LogP contribution in [0, 0.1) is 12.3 Å². The Balaban J connectivity index is 2.29. The van der Waals surface area contributed by atoms with Crippen LogP contribution in [0.3, 0.4) is 0 Å². The predicted molar refractivity (Wildman–Crippen MR) is 36.9 cm³/mol. The molecule has 10 heavy (non-hydrogen) atoms. The number of hydrogen-bond donors (Lipinski definition) is 0. The van der Waals surface area contributed by atoms with Gasteiger partial charge in [0.1, 0.15) is 0 Å². The van der Waals surface area contributed by atoms with Gasteiger partial charge in [0, 0.05) is 12.8 Å². The van der Waals surface area contributed by atoms with E-state index < -0.39 is 5.92 Å². The zero-order valence-electron chi connectivity index (χ0n) is 6.24. The van der Waals surface area contributed by atoms with E-state index in [9.17, 15) is 8.78 Å². The smallest absolute Gasteiger partial charge is 0.207 e. The van der Waals surface area contributed by atoms with Gasteiger partial charge >= 0.3 is 0 Å². The van der Waals surface area contributed by atoms with Gasteiger partial charge in [0.15, 0.2) is 0 Å². The largest absolute Gasteiger partial charge is 0.248 e. The lowest BCUT2D eigenvalue weighted by Crippen LogP contribution is -2.09. The first-order chi connectivity index (χ1) is 4.64. The van der Waals surface area contributed by atoms with Crippen LogP contribution >= 0.6 is 0 Å². The monoisotopic (exact) mass is 147 g/mol. The quantitative estimate of drug-likeness (QED) is 0.563. The molecule has 1 radical (unpaired) electrons. The minimum Gasteiger partial charge on any atom is -0.207 e. The molecule has 1 unspecified atom stereocenters. The SMILES string of the molecule is CC[CH]C1CCC(F)(F)C1. The molecule has 1 fully saturated rings. The second-order valence-electron chi connectivity index (χ2n) is 3.00. The molecular weight excluding hydrogens is 134 g/mol. The molecule has 0 N–H and O–H groups in total. The Morgan fingerprint density at radius 3 is 2.70 bits per heavy atom. The normalized spacial score (nSPS) is 30.9. The third-order valence-corrected chi connectivity index (χ3v) is 2.01. The Kier molecular flexibility index (Phi) is 2.27. The van der Waals surface area contributed by atoms with E-state index in [0.717, 1.165) is 6.42 Å². The van der Waals surface area contributed by atoms with Crippen LogP contribution in [0.1, 0.15) is 32.6 Å². The minimum atomic E-state index is -2.36. The van der Waals surface area contributed by atoms with Crippen molar-refractivity contribution in [2.75, 3.05) is 0 Å². The van der Waals surface area contributed by atoms with Crippen molar-refractivity contribution in [3.05, 3.63) is 6.42 Å². The van der Waals surface area contributed by atoms with Gasteiger partial charge in [-0.2, -0.15) is 0 Å². The third-order valence-electron chi connectivity index (χ3n) is 2.01. The molecule has 0 aliphatic heterocycles. The molecule has 0 nitrogen and oxygen atoms in total. The maximum atomic E-state index is 12.5. The van der Waals surface area contributed by atoms with Crippen LogP contribution < -0.4 is 0 Å². The van der Waals surface area contributed by atoms with Gasteiger partial charge in [0.05, 0.1) is 0 Å². The Labute approximate surface area is 60.6 Å². The first-order valence-corrected chi connectivity index (χ1v) is 3.85. The van der Waals surface area contributed by atoms with Crippen LogP contribution in [0.15, 0.2) is 0 Å². The van der Waals surface area contributed by atoms with Crippen LogP contribution in [0.25, 0.3) is 0 Å². The highest BCUT2D eigenvalue weighted by Crippen LogP contribution is 2.40. The fraction of sp³-hybridized carbons (Fsp3) is 0.875. The molecule has 0 saturated heterocycles. The zero-order valence-corrected chi connectivity index (χ0v) is 6.24. The number of rotatable bonds is 2. The zero-order chi connectivity index (χ0) is 7.61. The highest BCUT2D eigenvalue weighted by atomic mass is 19.3. The van der Waals surface area contributed by atoms with Crippen molar-refractivity contribution in [3.63, 3.8) is 0 Å². The standard InChI is InChI=1S/C8H13F2/c1-2-3-7-4-5-8(9,10)6-7/h3,7H,2,4-6H2,1H3. The van der Waals surface area contributed by atoms with Gasteiger partial charge in [-0.25, -0.2) is 8.78 Å². The highest BCUT2D eigenvalue weighted by Gasteiger charge is 2.38. The van der Waals surface area contributed by atoms with Gasteiger partial charge in [-0.15, -0.1) is 0 Å². The lowest BCUT2D eigenvalue weighted by atomic mass is 10.0. The summed E-state index contributed by atoms with van der Waals surface area (Å²) in [5.41, 5.74) is 0. The summed E-state index contributed by atoms with van der Waals surface area (Å²) in [6.07, 6.45) is 3.78. The van der Waals surface area contributed by atoms with Crippen molar-refractivity contribution >= 4 is 0 Å². The van der Waals surface area contributed by atoms with E-state index in [4.69, 9.17) is 0 Å². The molecule has 0 bridgehead atoms. The Morgan fingerprint density at radius 2 is 2.30 bits per heavy atom. The molecule has 0 spiro atoms. The van der Waals surface area contributed by atoms with Crippen LogP contribution in [-0.2, 0) is 0 Å². The van der Waals surface area contributed by atoms with E-state index in [1.54, 1.807) is 0 Å². The number of alkyl halides is 2. The summed E-state index contributed by atoms with van der Waals surface area (Å²) in [5, 5.41) is 0. The van der Waals surface area contributed by atoms with Gasteiger partial charge < -0.3 is 0 Å². The second kappa shape index (κ2) is 2.85. The molecular formula is C8H13F2. The fourth-order valence-electron chi connectivity index (χ4n) is 1.52. The molecule has 1 saturated carbocycles. The van der Waals surface area contributed by atoms with Gasteiger partial charge in [-0.1, -0.05) is 13.3 Å². The summed E-state index contributed by atoms with van der Waals surface area (Å²) in [6.45, 7) is 2.00. The van der Waals surface area contributed by atoms with Gasteiger partial charge in [-0.05, 0) is 18.8 Å². The summed E-state index contributed by atoms with van der Waals surface area (Å²) in [4.78, 5) is 0. The molecule has 1 rings (SSSR count). The van der Waals surface area contributed by atoms with Gasteiger partial charge in [-0.3, -0.25) is 0 Å². The highest BCUT2D eigenvalue weighted by molar-refractivity contribution is 4.88. The van der Waals surface area contributed by atoms with Crippen LogP contribution in [0.4, 0.5) is 8.78 Å². The molecule has 1 aliphatic carbocycles. The maximum Gasteiger partial charge on any atom is 0.248 e. The van der Waals surface area contributed by atoms with E-state index in [1.165, 1.54) is 0 Å². The summed E-state index contributed by atoms with van der Waals surface area (Å²) in [7, 11) is 0. The van der Waals surface area contributed by atoms with E-state index >= 15 is 0 Å². The molecule has 0 aromatic carbocycles. The molecule has 1 aliphatic rings. The molecule has 0 amide bonds. The first kappa shape index (κ1) is 7.96. The van der Waals surface area contributed by atoms with Crippen LogP contribution in [0.5, 0.6) is 0 Å². The first-order valence-electron chi connectivity index (χ1n) is 3.85. The molecule has 1 atom stereocenters. The van der Waals surface area contributed by atoms with E-state index in [0.29, 0.717) is 6.42 Å². The topological polar surface area (TPSA) is 0 Å². The summed E-state index contributed by atoms with van der Waals surface area (Å²) in [5.74, 6) is -2.18. The fourth-order valence-corrected chi connectivity index (χ4v) is 1.52.